The van der Waals surface area contributed by atoms with Crippen LogP contribution in [0.3, 0.4) is 0 Å². The molecule has 0 radical (unpaired) electrons. The summed E-state index contributed by atoms with van der Waals surface area (Å²) >= 11 is 0. The molecule has 1 amide bonds. The normalized spacial score (nSPS) is 22.2. The Morgan fingerprint density at radius 1 is 1.31 bits per heavy atom. The van der Waals surface area contributed by atoms with E-state index >= 15 is 0 Å². The maximum Gasteiger partial charge on any atom is 0.254 e. The second kappa shape index (κ2) is 7.72. The van der Waals surface area contributed by atoms with Crippen molar-refractivity contribution in [2.24, 2.45) is 0 Å². The summed E-state index contributed by atoms with van der Waals surface area (Å²) in [5.74, 6) is 0.849. The number of hydrogen-bond donors (Lipinski definition) is 1. The van der Waals surface area contributed by atoms with Crippen LogP contribution in [0.4, 0.5) is 4.39 Å². The summed E-state index contributed by atoms with van der Waals surface area (Å²) in [6.45, 7) is 6.20. The highest BCUT2D eigenvalue weighted by atomic mass is 19.1. The molecular formula is C20H26FN5O3. The largest absolute Gasteiger partial charge is 0.494 e. The summed E-state index contributed by atoms with van der Waals surface area (Å²) in [6, 6.07) is 4.53. The monoisotopic (exact) mass is 403 g/mol. The number of fused-ring (bicyclic) bond motifs is 1. The lowest BCUT2D eigenvalue weighted by atomic mass is 10.1. The smallest absolute Gasteiger partial charge is 0.254 e. The highest BCUT2D eigenvalue weighted by Crippen LogP contribution is 2.34. The van der Waals surface area contributed by atoms with Gasteiger partial charge in [0.1, 0.15) is 0 Å². The first-order chi connectivity index (χ1) is 13.9. The van der Waals surface area contributed by atoms with Gasteiger partial charge in [-0.15, -0.1) is 10.2 Å². The quantitative estimate of drug-likeness (QED) is 0.835. The highest BCUT2D eigenvalue weighted by Gasteiger charge is 2.38. The molecule has 3 heterocycles. The molecule has 2 aliphatic rings. The number of aliphatic hydroxyl groups excluding tert-OH is 1. The first-order valence-electron chi connectivity index (χ1n) is 9.87. The minimum Gasteiger partial charge on any atom is -0.494 e. The molecule has 1 aromatic heterocycles. The Balaban J connectivity index is 1.53. The fourth-order valence-electron chi connectivity index (χ4n) is 4.24. The Morgan fingerprint density at radius 3 is 2.79 bits per heavy atom. The zero-order chi connectivity index (χ0) is 20.7. The summed E-state index contributed by atoms with van der Waals surface area (Å²) in [5.41, 5.74) is 0.279. The van der Waals surface area contributed by atoms with Crippen LogP contribution in [0.5, 0.6) is 5.75 Å². The number of carbonyl (C=O) groups excluding carboxylic acids is 1. The van der Waals surface area contributed by atoms with Gasteiger partial charge in [-0.25, -0.2) is 4.39 Å². The van der Waals surface area contributed by atoms with Gasteiger partial charge in [0.2, 0.25) is 0 Å². The van der Waals surface area contributed by atoms with E-state index in [1.165, 1.54) is 19.2 Å². The van der Waals surface area contributed by atoms with Gasteiger partial charge in [-0.1, -0.05) is 0 Å². The first kappa shape index (κ1) is 19.8. The van der Waals surface area contributed by atoms with E-state index in [0.717, 1.165) is 5.82 Å². The lowest BCUT2D eigenvalue weighted by Gasteiger charge is -2.31. The Hall–Kier alpha value is -2.52. The van der Waals surface area contributed by atoms with E-state index in [1.54, 1.807) is 11.0 Å². The molecule has 0 bridgehead atoms. The Kier molecular flexibility index (Phi) is 5.26. The number of nitrogens with zero attached hydrogens (tertiary/aromatic N) is 5. The van der Waals surface area contributed by atoms with Crippen LogP contribution in [0, 0.1) is 5.82 Å². The van der Waals surface area contributed by atoms with Crippen molar-refractivity contribution >= 4 is 5.91 Å². The first-order valence-corrected chi connectivity index (χ1v) is 9.87. The Bertz CT molecular complexity index is 916. The van der Waals surface area contributed by atoms with Crippen LogP contribution in [0.1, 0.15) is 48.3 Å². The highest BCUT2D eigenvalue weighted by molar-refractivity contribution is 5.94. The van der Waals surface area contributed by atoms with Crippen LogP contribution in [0.25, 0.3) is 0 Å². The van der Waals surface area contributed by atoms with E-state index in [2.05, 4.69) is 33.5 Å². The van der Waals surface area contributed by atoms with E-state index in [0.29, 0.717) is 38.4 Å². The third kappa shape index (κ3) is 3.60. The van der Waals surface area contributed by atoms with Gasteiger partial charge < -0.3 is 19.3 Å². The topological polar surface area (TPSA) is 83.7 Å². The van der Waals surface area contributed by atoms with Crippen LogP contribution in [0.2, 0.25) is 0 Å². The fraction of sp³-hybridized carbons (Fsp3) is 0.550. The van der Waals surface area contributed by atoms with Crippen molar-refractivity contribution in [1.29, 1.82) is 0 Å². The third-order valence-corrected chi connectivity index (χ3v) is 5.75. The molecule has 0 saturated carbocycles. The van der Waals surface area contributed by atoms with Crippen LogP contribution in [0.15, 0.2) is 18.2 Å². The fourth-order valence-corrected chi connectivity index (χ4v) is 4.24. The van der Waals surface area contributed by atoms with Gasteiger partial charge in [0.15, 0.2) is 23.2 Å². The number of aliphatic hydroxyl groups is 1. The molecule has 2 atom stereocenters. The van der Waals surface area contributed by atoms with Crippen molar-refractivity contribution in [3.05, 3.63) is 41.2 Å². The minimum atomic E-state index is -0.561. The molecule has 2 aromatic rings. The summed E-state index contributed by atoms with van der Waals surface area (Å²) in [4.78, 5) is 16.7. The van der Waals surface area contributed by atoms with Crippen LogP contribution < -0.4 is 4.74 Å². The van der Waals surface area contributed by atoms with Gasteiger partial charge in [0.25, 0.3) is 5.91 Å². The second-order valence-corrected chi connectivity index (χ2v) is 7.90. The molecule has 1 fully saturated rings. The number of rotatable bonds is 4. The van der Waals surface area contributed by atoms with Crippen molar-refractivity contribution < 1.29 is 19.0 Å². The zero-order valence-corrected chi connectivity index (χ0v) is 16.9. The van der Waals surface area contributed by atoms with E-state index < -0.39 is 5.82 Å². The summed E-state index contributed by atoms with van der Waals surface area (Å²) in [6.07, 6.45) is 0.256. The average Bonchev–Trinajstić information content (AvgIpc) is 3.29. The molecule has 1 N–H and O–H groups in total. The van der Waals surface area contributed by atoms with Crippen LogP contribution in [-0.4, -0.2) is 67.9 Å². The Morgan fingerprint density at radius 2 is 2.10 bits per heavy atom. The number of aromatic nitrogens is 3. The van der Waals surface area contributed by atoms with Gasteiger partial charge in [-0.05, 0) is 38.5 Å². The summed E-state index contributed by atoms with van der Waals surface area (Å²) in [5, 5.41) is 18.8. The number of halogens is 1. The number of methoxy groups -OCH3 is 1. The lowest BCUT2D eigenvalue weighted by molar-refractivity contribution is 0.0703. The van der Waals surface area contributed by atoms with Gasteiger partial charge in [-0.3, -0.25) is 9.69 Å². The molecular weight excluding hydrogens is 377 g/mol. The van der Waals surface area contributed by atoms with Crippen molar-refractivity contribution in [3.8, 4) is 5.75 Å². The van der Waals surface area contributed by atoms with Gasteiger partial charge in [0.05, 0.1) is 25.8 Å². The number of β-amino-alcohol motifs (C(OH)–C–C–N with tert-alkyl or cyclic N) is 1. The van der Waals surface area contributed by atoms with Gasteiger partial charge in [-0.2, -0.15) is 0 Å². The van der Waals surface area contributed by atoms with E-state index in [1.807, 2.05) is 0 Å². The third-order valence-electron chi connectivity index (χ3n) is 5.75. The second-order valence-electron chi connectivity index (χ2n) is 7.90. The molecule has 0 aliphatic carbocycles. The van der Waals surface area contributed by atoms with Gasteiger partial charge in [0, 0.05) is 31.2 Å². The van der Waals surface area contributed by atoms with Crippen molar-refractivity contribution in [2.45, 2.75) is 51.5 Å². The molecule has 1 saturated heterocycles. The maximum atomic E-state index is 14.0. The molecule has 156 valence electrons. The standard InChI is InChI=1S/C20H26FN5O3/c1-12(2)26-10-14(27)9-16(26)19-23-22-18-11-24(6-7-25(18)19)20(28)13-4-5-17(29-3)15(21)8-13/h4-5,8,12,14,16,27H,6-7,9-11H2,1-3H3/t14-,16-/m0/s1. The predicted molar refractivity (Wildman–Crippen MR) is 103 cm³/mol. The van der Waals surface area contributed by atoms with Crippen molar-refractivity contribution in [1.82, 2.24) is 24.6 Å². The number of carbonyl (C=O) groups is 1. The molecule has 0 unspecified atom stereocenters. The lowest BCUT2D eigenvalue weighted by Crippen LogP contribution is -2.39. The number of ether oxygens (including phenoxy) is 1. The van der Waals surface area contributed by atoms with Crippen LogP contribution >= 0.6 is 0 Å². The van der Waals surface area contributed by atoms with E-state index in [-0.39, 0.29) is 35.4 Å². The van der Waals surface area contributed by atoms with Crippen molar-refractivity contribution in [2.75, 3.05) is 20.2 Å². The molecule has 4 rings (SSSR count). The molecule has 9 heteroatoms. The number of benzene rings is 1. The minimum absolute atomic E-state index is 0.0178. The average molecular weight is 403 g/mol. The number of hydrogen-bond acceptors (Lipinski definition) is 6. The van der Waals surface area contributed by atoms with E-state index in [4.69, 9.17) is 4.74 Å². The molecule has 2 aliphatic heterocycles. The maximum absolute atomic E-state index is 14.0. The Labute approximate surface area is 168 Å². The summed E-state index contributed by atoms with van der Waals surface area (Å²) in [7, 11) is 1.39. The van der Waals surface area contributed by atoms with Crippen molar-refractivity contribution in [3.63, 3.8) is 0 Å². The zero-order valence-electron chi connectivity index (χ0n) is 16.9. The summed E-state index contributed by atoms with van der Waals surface area (Å²) < 4.78 is 20.9. The molecule has 29 heavy (non-hydrogen) atoms. The SMILES string of the molecule is COc1ccc(C(=O)N2CCn3c(nnc3[C@@H]3C[C@H](O)CN3C(C)C)C2)cc1F. The molecule has 1 aromatic carbocycles. The van der Waals surface area contributed by atoms with E-state index in [9.17, 15) is 14.3 Å². The predicted octanol–water partition coefficient (Wildman–Crippen LogP) is 1.60. The molecule has 8 nitrogen and oxygen atoms in total. The van der Waals surface area contributed by atoms with Crippen LogP contribution in [-0.2, 0) is 13.1 Å². The number of likely N-dealkylation sites (tertiary alicyclic amines) is 1. The number of amides is 1. The van der Waals surface area contributed by atoms with Gasteiger partial charge >= 0.3 is 0 Å². The molecule has 0 spiro atoms.